The summed E-state index contributed by atoms with van der Waals surface area (Å²) in [5.74, 6) is 1.61. The minimum Gasteiger partial charge on any atom is -0.491 e. The number of benzene rings is 1. The zero-order valence-electron chi connectivity index (χ0n) is 9.03. The minimum absolute atomic E-state index is 0.612. The maximum atomic E-state index is 5.49. The Morgan fingerprint density at radius 2 is 1.93 bits per heavy atom. The van der Waals surface area contributed by atoms with Gasteiger partial charge in [0.15, 0.2) is 0 Å². The first-order valence-electron chi connectivity index (χ1n) is 5.32. The van der Waals surface area contributed by atoms with Gasteiger partial charge in [-0.1, -0.05) is 12.1 Å². The maximum absolute atomic E-state index is 5.49. The van der Waals surface area contributed by atoms with Crippen LogP contribution >= 0.6 is 0 Å². The van der Waals surface area contributed by atoms with E-state index in [2.05, 4.69) is 17.4 Å². The molecular weight excluding hydrogens is 190 g/mol. The van der Waals surface area contributed by atoms with Gasteiger partial charge in [-0.3, -0.25) is 0 Å². The minimum atomic E-state index is 0.612. The van der Waals surface area contributed by atoms with E-state index in [1.807, 2.05) is 12.1 Å². The predicted molar refractivity (Wildman–Crippen MR) is 59.4 cm³/mol. The van der Waals surface area contributed by atoms with E-state index in [1.54, 1.807) is 7.11 Å². The van der Waals surface area contributed by atoms with Crippen molar-refractivity contribution in [1.82, 2.24) is 5.32 Å². The van der Waals surface area contributed by atoms with Crippen LogP contribution in [0.15, 0.2) is 24.3 Å². The summed E-state index contributed by atoms with van der Waals surface area (Å²) in [5, 5.41) is 3.27. The first kappa shape index (κ1) is 10.5. The van der Waals surface area contributed by atoms with Crippen LogP contribution in [0.4, 0.5) is 0 Å². The molecule has 3 nitrogen and oxygen atoms in total. The molecule has 0 spiro atoms. The number of nitrogens with one attached hydrogen (secondary N) is 1. The van der Waals surface area contributed by atoms with Gasteiger partial charge in [0.05, 0.1) is 6.61 Å². The molecule has 0 amide bonds. The Balaban J connectivity index is 1.86. The zero-order valence-corrected chi connectivity index (χ0v) is 9.03. The number of rotatable bonds is 5. The Morgan fingerprint density at radius 1 is 1.20 bits per heavy atom. The molecule has 0 unspecified atom stereocenters. The second-order valence-electron chi connectivity index (χ2n) is 3.77. The molecule has 0 saturated carbocycles. The molecule has 1 aliphatic heterocycles. The highest BCUT2D eigenvalue weighted by atomic mass is 16.5. The predicted octanol–water partition coefficient (Wildman–Crippen LogP) is 1.40. The summed E-state index contributed by atoms with van der Waals surface area (Å²) < 4.78 is 10.4. The first-order chi connectivity index (χ1) is 7.40. The summed E-state index contributed by atoms with van der Waals surface area (Å²) in [7, 11) is 1.68. The normalized spacial score (nSPS) is 16.1. The molecule has 82 valence electrons. The average Bonchev–Trinajstić information content (AvgIpc) is 2.18. The number of methoxy groups -OCH3 is 1. The lowest BCUT2D eigenvalue weighted by atomic mass is 9.94. The standard InChI is InChI=1S/C12H17NO2/c1-14-6-7-15-12-4-2-10(3-5-12)11-8-13-9-11/h2-5,11,13H,6-9H2,1H3. The van der Waals surface area contributed by atoms with Gasteiger partial charge in [0.1, 0.15) is 12.4 Å². The highest BCUT2D eigenvalue weighted by molar-refractivity contribution is 5.30. The van der Waals surface area contributed by atoms with Gasteiger partial charge in [-0.05, 0) is 17.7 Å². The van der Waals surface area contributed by atoms with Crippen LogP contribution < -0.4 is 10.1 Å². The van der Waals surface area contributed by atoms with E-state index in [1.165, 1.54) is 5.56 Å². The lowest BCUT2D eigenvalue weighted by Gasteiger charge is -2.27. The summed E-state index contributed by atoms with van der Waals surface area (Å²) in [6.07, 6.45) is 0. The van der Waals surface area contributed by atoms with Gasteiger partial charge in [-0.15, -0.1) is 0 Å². The van der Waals surface area contributed by atoms with Crippen molar-refractivity contribution < 1.29 is 9.47 Å². The molecule has 1 aromatic carbocycles. The van der Waals surface area contributed by atoms with Crippen molar-refractivity contribution in [2.75, 3.05) is 33.4 Å². The molecule has 1 aromatic rings. The molecule has 2 rings (SSSR count). The Hall–Kier alpha value is -1.06. The molecule has 1 N–H and O–H groups in total. The molecule has 1 fully saturated rings. The van der Waals surface area contributed by atoms with Gasteiger partial charge < -0.3 is 14.8 Å². The van der Waals surface area contributed by atoms with E-state index >= 15 is 0 Å². The maximum Gasteiger partial charge on any atom is 0.119 e. The van der Waals surface area contributed by atoms with Crippen LogP contribution in [0.5, 0.6) is 5.75 Å². The second kappa shape index (κ2) is 5.14. The Bertz CT molecular complexity index is 293. The van der Waals surface area contributed by atoms with Gasteiger partial charge in [0, 0.05) is 26.1 Å². The number of ether oxygens (including phenoxy) is 2. The molecule has 3 heteroatoms. The third kappa shape index (κ3) is 2.70. The first-order valence-corrected chi connectivity index (χ1v) is 5.32. The van der Waals surface area contributed by atoms with Gasteiger partial charge in [0.25, 0.3) is 0 Å². The highest BCUT2D eigenvalue weighted by Crippen LogP contribution is 2.22. The summed E-state index contributed by atoms with van der Waals surface area (Å²) in [5.41, 5.74) is 1.40. The topological polar surface area (TPSA) is 30.5 Å². The van der Waals surface area contributed by atoms with E-state index < -0.39 is 0 Å². The fraction of sp³-hybridized carbons (Fsp3) is 0.500. The van der Waals surface area contributed by atoms with Crippen LogP contribution in [-0.2, 0) is 4.74 Å². The van der Waals surface area contributed by atoms with Crippen molar-refractivity contribution in [2.45, 2.75) is 5.92 Å². The van der Waals surface area contributed by atoms with Crippen LogP contribution in [0.1, 0.15) is 11.5 Å². The van der Waals surface area contributed by atoms with Gasteiger partial charge in [0.2, 0.25) is 0 Å². The van der Waals surface area contributed by atoms with Crippen molar-refractivity contribution in [3.8, 4) is 5.75 Å². The van der Waals surface area contributed by atoms with Gasteiger partial charge in [-0.2, -0.15) is 0 Å². The van der Waals surface area contributed by atoms with Crippen LogP contribution in [-0.4, -0.2) is 33.4 Å². The van der Waals surface area contributed by atoms with Crippen molar-refractivity contribution in [3.63, 3.8) is 0 Å². The van der Waals surface area contributed by atoms with E-state index in [0.717, 1.165) is 18.8 Å². The summed E-state index contributed by atoms with van der Waals surface area (Å²) in [6, 6.07) is 8.36. The Labute approximate surface area is 90.4 Å². The lowest BCUT2D eigenvalue weighted by Crippen LogP contribution is -2.39. The molecule has 0 atom stereocenters. The van der Waals surface area contributed by atoms with Gasteiger partial charge in [-0.25, -0.2) is 0 Å². The second-order valence-corrected chi connectivity index (χ2v) is 3.77. The molecule has 0 aromatic heterocycles. The van der Waals surface area contributed by atoms with Gasteiger partial charge >= 0.3 is 0 Å². The third-order valence-electron chi connectivity index (χ3n) is 2.69. The fourth-order valence-corrected chi connectivity index (χ4v) is 1.60. The smallest absolute Gasteiger partial charge is 0.119 e. The Morgan fingerprint density at radius 3 is 2.47 bits per heavy atom. The summed E-state index contributed by atoms with van der Waals surface area (Å²) in [4.78, 5) is 0. The monoisotopic (exact) mass is 207 g/mol. The SMILES string of the molecule is COCCOc1ccc(C2CNC2)cc1. The number of hydrogen-bond acceptors (Lipinski definition) is 3. The fourth-order valence-electron chi connectivity index (χ4n) is 1.60. The van der Waals surface area contributed by atoms with Crippen LogP contribution in [0, 0.1) is 0 Å². The number of hydrogen-bond donors (Lipinski definition) is 1. The largest absolute Gasteiger partial charge is 0.491 e. The zero-order chi connectivity index (χ0) is 10.5. The van der Waals surface area contributed by atoms with E-state index in [9.17, 15) is 0 Å². The molecule has 1 heterocycles. The summed E-state index contributed by atoms with van der Waals surface area (Å²) >= 11 is 0. The van der Waals surface area contributed by atoms with E-state index in [4.69, 9.17) is 9.47 Å². The molecule has 1 aliphatic rings. The molecule has 15 heavy (non-hydrogen) atoms. The molecule has 0 bridgehead atoms. The summed E-state index contributed by atoms with van der Waals surface area (Å²) in [6.45, 7) is 3.45. The van der Waals surface area contributed by atoms with Crippen LogP contribution in [0.2, 0.25) is 0 Å². The van der Waals surface area contributed by atoms with Crippen LogP contribution in [0.3, 0.4) is 0 Å². The lowest BCUT2D eigenvalue weighted by molar-refractivity contribution is 0.146. The molecule has 1 saturated heterocycles. The Kier molecular flexibility index (Phi) is 3.59. The molecule has 0 aliphatic carbocycles. The quantitative estimate of drug-likeness (QED) is 0.740. The third-order valence-corrected chi connectivity index (χ3v) is 2.69. The molecular formula is C12H17NO2. The average molecular weight is 207 g/mol. The van der Waals surface area contributed by atoms with E-state index in [-0.39, 0.29) is 0 Å². The van der Waals surface area contributed by atoms with E-state index in [0.29, 0.717) is 19.1 Å². The highest BCUT2D eigenvalue weighted by Gasteiger charge is 2.18. The van der Waals surface area contributed by atoms with Crippen molar-refractivity contribution in [2.24, 2.45) is 0 Å². The van der Waals surface area contributed by atoms with Crippen molar-refractivity contribution >= 4 is 0 Å². The molecule has 0 radical (unpaired) electrons. The van der Waals surface area contributed by atoms with Crippen molar-refractivity contribution in [3.05, 3.63) is 29.8 Å². The van der Waals surface area contributed by atoms with Crippen LogP contribution in [0.25, 0.3) is 0 Å². The van der Waals surface area contributed by atoms with Crippen molar-refractivity contribution in [1.29, 1.82) is 0 Å².